The number of nitrogens with zero attached hydrogens (tertiary/aromatic N) is 2. The molecule has 1 heterocycles. The van der Waals surface area contributed by atoms with Gasteiger partial charge in [-0.1, -0.05) is 50.2 Å². The van der Waals surface area contributed by atoms with Crippen LogP contribution in [-0.2, 0) is 33.8 Å². The predicted molar refractivity (Wildman–Crippen MR) is 166 cm³/mol. The van der Waals surface area contributed by atoms with Crippen molar-refractivity contribution in [2.45, 2.75) is 37.5 Å². The molecule has 1 aromatic heterocycles. The summed E-state index contributed by atoms with van der Waals surface area (Å²) in [5, 5.41) is 0. The number of esters is 2. The van der Waals surface area contributed by atoms with Gasteiger partial charge in [0.2, 0.25) is 5.69 Å². The molecular formula is C32H33FN3O5S2+. The second-order valence-corrected chi connectivity index (χ2v) is 11.7. The van der Waals surface area contributed by atoms with Crippen LogP contribution in [0.15, 0.2) is 77.7 Å². The summed E-state index contributed by atoms with van der Waals surface area (Å²) in [7, 11) is 0.460. The SMILES string of the molecule is CCCCCOC(=O)c1c(-c2ccc(S(C)=O)cc2)n(-c2cccc(F)c2)[n+](C)c1CC(=O)Oc1ccc(C(N)=S)cc1. The maximum atomic E-state index is 14.5. The Kier molecular flexibility index (Phi) is 10.5. The molecule has 0 bridgehead atoms. The van der Waals surface area contributed by atoms with Gasteiger partial charge in [-0.2, -0.15) is 0 Å². The highest BCUT2D eigenvalue weighted by Gasteiger charge is 2.37. The van der Waals surface area contributed by atoms with Crippen LogP contribution in [0.5, 0.6) is 5.75 Å². The summed E-state index contributed by atoms with van der Waals surface area (Å²) >= 11 is 4.98. The minimum absolute atomic E-state index is 0.148. The van der Waals surface area contributed by atoms with E-state index >= 15 is 0 Å². The number of hydrogen-bond donors (Lipinski definition) is 1. The largest absolute Gasteiger partial charge is 0.462 e. The second-order valence-electron chi connectivity index (χ2n) is 9.85. The summed E-state index contributed by atoms with van der Waals surface area (Å²) < 4.78 is 41.1. The van der Waals surface area contributed by atoms with E-state index in [0.29, 0.717) is 39.5 Å². The Bertz CT molecular complexity index is 1670. The molecule has 4 rings (SSSR count). The zero-order valence-electron chi connectivity index (χ0n) is 24.2. The van der Waals surface area contributed by atoms with Crippen molar-refractivity contribution in [1.29, 1.82) is 0 Å². The number of carbonyl (C=O) groups excluding carboxylic acids is 2. The van der Waals surface area contributed by atoms with Gasteiger partial charge in [-0.3, -0.25) is 9.00 Å². The van der Waals surface area contributed by atoms with Crippen molar-refractivity contribution < 1.29 is 32.3 Å². The third-order valence-electron chi connectivity index (χ3n) is 6.81. The van der Waals surface area contributed by atoms with E-state index in [1.807, 2.05) is 6.92 Å². The first-order valence-corrected chi connectivity index (χ1v) is 15.7. The second kappa shape index (κ2) is 14.3. The van der Waals surface area contributed by atoms with Crippen LogP contribution >= 0.6 is 12.2 Å². The Labute approximate surface area is 257 Å². The lowest BCUT2D eigenvalue weighted by Gasteiger charge is -2.09. The molecule has 224 valence electrons. The van der Waals surface area contributed by atoms with Gasteiger partial charge in [-0.15, -0.1) is 9.36 Å². The molecular weight excluding hydrogens is 590 g/mol. The summed E-state index contributed by atoms with van der Waals surface area (Å²) in [5.41, 5.74) is 8.15. The Balaban J connectivity index is 1.85. The number of carbonyl (C=O) groups is 2. The smallest absolute Gasteiger partial charge is 0.347 e. The van der Waals surface area contributed by atoms with E-state index in [-0.39, 0.29) is 29.3 Å². The summed E-state index contributed by atoms with van der Waals surface area (Å²) in [4.78, 5) is 27.8. The molecule has 8 nitrogen and oxygen atoms in total. The number of rotatable bonds is 12. The van der Waals surface area contributed by atoms with Crippen molar-refractivity contribution in [1.82, 2.24) is 4.68 Å². The van der Waals surface area contributed by atoms with Gasteiger partial charge in [0.15, 0.2) is 12.6 Å². The van der Waals surface area contributed by atoms with Crippen molar-refractivity contribution in [3.8, 4) is 22.7 Å². The highest BCUT2D eigenvalue weighted by Crippen LogP contribution is 2.31. The van der Waals surface area contributed by atoms with Gasteiger partial charge in [0.25, 0.3) is 0 Å². The van der Waals surface area contributed by atoms with Gasteiger partial charge < -0.3 is 15.2 Å². The molecule has 2 N–H and O–H groups in total. The molecule has 0 aliphatic carbocycles. The molecule has 0 fully saturated rings. The maximum Gasteiger partial charge on any atom is 0.347 e. The fourth-order valence-corrected chi connectivity index (χ4v) is 5.31. The molecule has 0 radical (unpaired) electrons. The molecule has 0 aliphatic heterocycles. The Morgan fingerprint density at radius 1 is 1.05 bits per heavy atom. The third kappa shape index (κ3) is 7.60. The number of unbranched alkanes of at least 4 members (excludes halogenated alkanes) is 2. The number of hydrogen-bond acceptors (Lipinski definition) is 6. The van der Waals surface area contributed by atoms with Gasteiger partial charge >= 0.3 is 11.9 Å². The lowest BCUT2D eigenvalue weighted by Crippen LogP contribution is -2.43. The summed E-state index contributed by atoms with van der Waals surface area (Å²) in [6.07, 6.45) is 3.81. The normalized spacial score (nSPS) is 11.6. The van der Waals surface area contributed by atoms with Crippen LogP contribution in [0.2, 0.25) is 0 Å². The minimum atomic E-state index is -1.22. The minimum Gasteiger partial charge on any atom is -0.462 e. The van der Waals surface area contributed by atoms with E-state index < -0.39 is 28.6 Å². The number of benzene rings is 3. The van der Waals surface area contributed by atoms with E-state index in [2.05, 4.69) is 0 Å². The van der Waals surface area contributed by atoms with Crippen molar-refractivity contribution >= 4 is 39.9 Å². The van der Waals surface area contributed by atoms with Crippen LogP contribution in [0.25, 0.3) is 16.9 Å². The number of thiocarbonyl (C=S) groups is 1. The summed E-state index contributed by atoms with van der Waals surface area (Å²) in [6.45, 7) is 2.25. The first-order chi connectivity index (χ1) is 20.6. The lowest BCUT2D eigenvalue weighted by atomic mass is 10.0. The Hall–Kier alpha value is -4.22. The first kappa shape index (κ1) is 31.7. The fraction of sp³-hybridized carbons (Fsp3) is 0.250. The highest BCUT2D eigenvalue weighted by molar-refractivity contribution is 7.84. The van der Waals surface area contributed by atoms with Crippen LogP contribution in [-0.4, -0.2) is 38.7 Å². The van der Waals surface area contributed by atoms with E-state index in [9.17, 15) is 18.2 Å². The van der Waals surface area contributed by atoms with Crippen molar-refractivity contribution in [2.75, 3.05) is 12.9 Å². The first-order valence-electron chi connectivity index (χ1n) is 13.7. The predicted octanol–water partition coefficient (Wildman–Crippen LogP) is 4.97. The molecule has 0 saturated heterocycles. The Morgan fingerprint density at radius 3 is 2.35 bits per heavy atom. The average molecular weight is 623 g/mol. The van der Waals surface area contributed by atoms with Gasteiger partial charge in [0, 0.05) is 39.1 Å². The summed E-state index contributed by atoms with van der Waals surface area (Å²) in [5.74, 6) is -1.44. The quantitative estimate of drug-likeness (QED) is 0.0782. The summed E-state index contributed by atoms with van der Waals surface area (Å²) in [6, 6.07) is 19.3. The molecule has 0 aliphatic rings. The number of ether oxygens (including phenoxy) is 2. The molecule has 0 spiro atoms. The molecule has 1 atom stereocenters. The van der Waals surface area contributed by atoms with E-state index in [1.165, 1.54) is 12.1 Å². The Morgan fingerprint density at radius 2 is 1.74 bits per heavy atom. The van der Waals surface area contributed by atoms with Crippen LogP contribution < -0.4 is 15.2 Å². The number of halogens is 1. The lowest BCUT2D eigenvalue weighted by molar-refractivity contribution is -0.749. The zero-order valence-corrected chi connectivity index (χ0v) is 25.8. The maximum absolute atomic E-state index is 14.5. The molecule has 0 amide bonds. The molecule has 1 unspecified atom stereocenters. The van der Waals surface area contributed by atoms with E-state index in [0.717, 1.165) is 12.8 Å². The fourth-order valence-electron chi connectivity index (χ4n) is 4.65. The van der Waals surface area contributed by atoms with Crippen molar-refractivity contribution in [2.24, 2.45) is 12.8 Å². The molecule has 4 aromatic rings. The van der Waals surface area contributed by atoms with Gasteiger partial charge in [0.05, 0.1) is 6.61 Å². The topological polar surface area (TPSA) is 104 Å². The van der Waals surface area contributed by atoms with Crippen LogP contribution in [0.3, 0.4) is 0 Å². The zero-order chi connectivity index (χ0) is 31.1. The van der Waals surface area contributed by atoms with Crippen molar-refractivity contribution in [3.63, 3.8) is 0 Å². The monoisotopic (exact) mass is 622 g/mol. The van der Waals surface area contributed by atoms with E-state index in [1.54, 1.807) is 83.3 Å². The average Bonchev–Trinajstić information content (AvgIpc) is 3.27. The van der Waals surface area contributed by atoms with E-state index in [4.69, 9.17) is 27.4 Å². The third-order valence-corrected chi connectivity index (χ3v) is 7.98. The molecule has 11 heteroatoms. The number of nitrogens with two attached hydrogens (primary N) is 1. The molecule has 43 heavy (non-hydrogen) atoms. The standard InChI is InChI=1S/C32H32FN3O5S2/c1-4-5-6-18-40-32(38)29-27(20-28(37)41-25-14-10-22(11-15-25)31(34)42)35(2)36(24-9-7-8-23(33)19-24)30(29)21-12-16-26(17-13-21)43(3)39/h7-17,19H,4-6,18,20H2,1-3H3,(H-,34,42)/p+1. The highest BCUT2D eigenvalue weighted by atomic mass is 32.2. The van der Waals surface area contributed by atoms with Gasteiger partial charge in [-0.25, -0.2) is 9.18 Å². The molecule has 0 saturated carbocycles. The van der Waals surface area contributed by atoms with Crippen LogP contribution in [0.1, 0.15) is 47.8 Å². The van der Waals surface area contributed by atoms with Crippen LogP contribution in [0, 0.1) is 5.82 Å². The number of aromatic nitrogens is 2. The molecule has 3 aromatic carbocycles. The van der Waals surface area contributed by atoms with Crippen molar-refractivity contribution in [3.05, 3.63) is 95.4 Å². The van der Waals surface area contributed by atoms with Gasteiger partial charge in [0.1, 0.15) is 34.4 Å². The van der Waals surface area contributed by atoms with Gasteiger partial charge in [-0.05, 0) is 55.0 Å². The van der Waals surface area contributed by atoms with Crippen LogP contribution in [0.4, 0.5) is 4.39 Å².